The molecule has 15 heavy (non-hydrogen) atoms. The van der Waals surface area contributed by atoms with Crippen molar-refractivity contribution < 1.29 is 18.3 Å². The van der Waals surface area contributed by atoms with E-state index < -0.39 is 12.1 Å². The quantitative estimate of drug-likeness (QED) is 0.715. The van der Waals surface area contributed by atoms with Gasteiger partial charge in [-0.05, 0) is 6.07 Å². The number of hydrogen-bond acceptors (Lipinski definition) is 4. The van der Waals surface area contributed by atoms with E-state index in [0.717, 1.165) is 6.07 Å². The Labute approximate surface area is 84.1 Å². The molecule has 0 unspecified atom stereocenters. The number of nitriles is 1. The third-order valence-electron chi connectivity index (χ3n) is 1.68. The summed E-state index contributed by atoms with van der Waals surface area (Å²) in [4.78, 5) is 13.9. The summed E-state index contributed by atoms with van der Waals surface area (Å²) >= 11 is 0. The lowest BCUT2D eigenvalue weighted by molar-refractivity contribution is 0.111. The van der Waals surface area contributed by atoms with E-state index in [9.17, 15) is 13.6 Å². The zero-order chi connectivity index (χ0) is 11.4. The first-order valence-corrected chi connectivity index (χ1v) is 3.86. The predicted octanol–water partition coefficient (Wildman–Crippen LogP) is 1.71. The van der Waals surface area contributed by atoms with Crippen LogP contribution in [0, 0.1) is 11.3 Å². The maximum Gasteiger partial charge on any atom is 0.280 e. The van der Waals surface area contributed by atoms with Gasteiger partial charge < -0.3 is 4.74 Å². The number of aromatic nitrogens is 1. The fourth-order valence-corrected chi connectivity index (χ4v) is 1.06. The molecular weight excluding hydrogens is 206 g/mol. The van der Waals surface area contributed by atoms with E-state index in [4.69, 9.17) is 10.00 Å². The van der Waals surface area contributed by atoms with E-state index in [2.05, 4.69) is 4.98 Å². The van der Waals surface area contributed by atoms with Gasteiger partial charge in [-0.2, -0.15) is 5.26 Å². The second-order valence-corrected chi connectivity index (χ2v) is 2.55. The Morgan fingerprint density at radius 3 is 2.73 bits per heavy atom. The lowest BCUT2D eigenvalue weighted by Crippen LogP contribution is -2.01. The summed E-state index contributed by atoms with van der Waals surface area (Å²) in [6.07, 6.45) is -2.49. The molecule has 1 heterocycles. The highest BCUT2D eigenvalue weighted by atomic mass is 19.3. The maximum absolute atomic E-state index is 12.3. The Hall–Kier alpha value is -2.03. The SMILES string of the molecule is COc1c(C=O)cc(C(F)F)nc1C#N. The van der Waals surface area contributed by atoms with Crippen molar-refractivity contribution in [2.24, 2.45) is 0 Å². The minimum absolute atomic E-state index is 0.0862. The van der Waals surface area contributed by atoms with Gasteiger partial charge in [-0.15, -0.1) is 0 Å². The smallest absolute Gasteiger partial charge is 0.280 e. The number of rotatable bonds is 3. The van der Waals surface area contributed by atoms with Gasteiger partial charge >= 0.3 is 0 Å². The zero-order valence-corrected chi connectivity index (χ0v) is 7.70. The summed E-state index contributed by atoms with van der Waals surface area (Å²) in [5, 5.41) is 8.62. The lowest BCUT2D eigenvalue weighted by atomic mass is 10.2. The Bertz CT molecular complexity index is 427. The number of halogens is 2. The van der Waals surface area contributed by atoms with Crippen LogP contribution < -0.4 is 4.74 Å². The van der Waals surface area contributed by atoms with Crippen molar-refractivity contribution in [2.75, 3.05) is 7.11 Å². The second kappa shape index (κ2) is 4.46. The van der Waals surface area contributed by atoms with E-state index in [1.165, 1.54) is 7.11 Å². The van der Waals surface area contributed by atoms with E-state index in [1.54, 1.807) is 6.07 Å². The van der Waals surface area contributed by atoms with Crippen molar-refractivity contribution in [3.8, 4) is 11.8 Å². The average molecular weight is 212 g/mol. The number of ether oxygens (including phenoxy) is 1. The molecule has 0 atom stereocenters. The second-order valence-electron chi connectivity index (χ2n) is 2.55. The van der Waals surface area contributed by atoms with Crippen LogP contribution in [0.15, 0.2) is 6.07 Å². The third kappa shape index (κ3) is 2.07. The van der Waals surface area contributed by atoms with Crippen LogP contribution in [-0.4, -0.2) is 18.4 Å². The molecule has 1 rings (SSSR count). The molecule has 6 heteroatoms. The minimum atomic E-state index is -2.83. The standard InChI is InChI=1S/C9H6F2N2O2/c1-15-8-5(4-14)2-6(9(10)11)13-7(8)3-12/h2,4,9H,1H3. The van der Waals surface area contributed by atoms with Gasteiger partial charge in [-0.3, -0.25) is 4.79 Å². The molecule has 0 radical (unpaired) electrons. The summed E-state index contributed by atoms with van der Waals surface area (Å²) < 4.78 is 29.3. The Morgan fingerprint density at radius 2 is 2.33 bits per heavy atom. The van der Waals surface area contributed by atoms with Gasteiger partial charge in [0.2, 0.25) is 0 Å². The van der Waals surface area contributed by atoms with Crippen molar-refractivity contribution in [2.45, 2.75) is 6.43 Å². The van der Waals surface area contributed by atoms with Gasteiger partial charge in [0.25, 0.3) is 6.43 Å². The first kappa shape index (κ1) is 11.0. The van der Waals surface area contributed by atoms with Crippen LogP contribution in [0.2, 0.25) is 0 Å². The number of carbonyl (C=O) groups excluding carboxylic acids is 1. The van der Waals surface area contributed by atoms with Gasteiger partial charge in [-0.1, -0.05) is 0 Å². The molecule has 1 aromatic heterocycles. The Balaban J connectivity index is 3.44. The number of nitrogens with zero attached hydrogens (tertiary/aromatic N) is 2. The first-order valence-electron chi connectivity index (χ1n) is 3.86. The minimum Gasteiger partial charge on any atom is -0.493 e. The number of methoxy groups -OCH3 is 1. The normalized spacial score (nSPS) is 9.80. The van der Waals surface area contributed by atoms with Crippen molar-refractivity contribution in [3.05, 3.63) is 23.0 Å². The van der Waals surface area contributed by atoms with E-state index in [-0.39, 0.29) is 17.0 Å². The third-order valence-corrected chi connectivity index (χ3v) is 1.68. The van der Waals surface area contributed by atoms with Crippen LogP contribution in [0.25, 0.3) is 0 Å². The number of alkyl halides is 2. The fraction of sp³-hybridized carbons (Fsp3) is 0.222. The summed E-state index contributed by atoms with van der Waals surface area (Å²) in [5.74, 6) is -0.0862. The molecule has 1 aromatic rings. The van der Waals surface area contributed by atoms with Gasteiger partial charge in [0, 0.05) is 0 Å². The lowest BCUT2D eigenvalue weighted by Gasteiger charge is -2.07. The Kier molecular flexibility index (Phi) is 3.29. The molecule has 0 saturated heterocycles. The molecule has 0 aliphatic heterocycles. The van der Waals surface area contributed by atoms with Gasteiger partial charge in [0.05, 0.1) is 12.7 Å². The molecule has 0 aliphatic rings. The fourth-order valence-electron chi connectivity index (χ4n) is 1.06. The van der Waals surface area contributed by atoms with Crippen LogP contribution in [0.5, 0.6) is 5.75 Å². The predicted molar refractivity (Wildman–Crippen MR) is 45.8 cm³/mol. The van der Waals surface area contributed by atoms with Crippen LogP contribution in [0.3, 0.4) is 0 Å². The highest BCUT2D eigenvalue weighted by Gasteiger charge is 2.17. The number of carbonyl (C=O) groups is 1. The highest BCUT2D eigenvalue weighted by Crippen LogP contribution is 2.25. The molecule has 0 bridgehead atoms. The maximum atomic E-state index is 12.3. The number of pyridine rings is 1. The summed E-state index contributed by atoms with van der Waals surface area (Å²) in [6.45, 7) is 0. The topological polar surface area (TPSA) is 63.0 Å². The summed E-state index contributed by atoms with van der Waals surface area (Å²) in [5.41, 5.74) is -1.05. The molecule has 78 valence electrons. The van der Waals surface area contributed by atoms with Crippen LogP contribution in [0.4, 0.5) is 8.78 Å². The largest absolute Gasteiger partial charge is 0.493 e. The molecule has 0 saturated carbocycles. The number of aldehydes is 1. The molecule has 0 N–H and O–H groups in total. The van der Waals surface area contributed by atoms with E-state index >= 15 is 0 Å². The van der Waals surface area contributed by atoms with Gasteiger partial charge in [0.1, 0.15) is 11.8 Å². The molecule has 0 fully saturated rings. The number of hydrogen-bond donors (Lipinski definition) is 0. The molecular formula is C9H6F2N2O2. The van der Waals surface area contributed by atoms with Gasteiger partial charge in [0.15, 0.2) is 17.7 Å². The molecule has 4 nitrogen and oxygen atoms in total. The highest BCUT2D eigenvalue weighted by molar-refractivity contribution is 5.80. The van der Waals surface area contributed by atoms with Gasteiger partial charge in [-0.25, -0.2) is 13.8 Å². The van der Waals surface area contributed by atoms with E-state index in [1.807, 2.05) is 0 Å². The van der Waals surface area contributed by atoms with Crippen LogP contribution in [0.1, 0.15) is 28.2 Å². The van der Waals surface area contributed by atoms with Crippen molar-refractivity contribution in [1.82, 2.24) is 4.98 Å². The van der Waals surface area contributed by atoms with Crippen molar-refractivity contribution >= 4 is 6.29 Å². The zero-order valence-electron chi connectivity index (χ0n) is 7.70. The first-order chi connectivity index (χ1) is 7.13. The van der Waals surface area contributed by atoms with Crippen molar-refractivity contribution in [3.63, 3.8) is 0 Å². The molecule has 0 aromatic carbocycles. The molecule has 0 amide bonds. The van der Waals surface area contributed by atoms with E-state index in [0.29, 0.717) is 6.29 Å². The monoisotopic (exact) mass is 212 g/mol. The summed E-state index contributed by atoms with van der Waals surface area (Å²) in [7, 11) is 1.23. The summed E-state index contributed by atoms with van der Waals surface area (Å²) in [6, 6.07) is 2.49. The van der Waals surface area contributed by atoms with Crippen LogP contribution in [-0.2, 0) is 0 Å². The van der Waals surface area contributed by atoms with Crippen molar-refractivity contribution in [1.29, 1.82) is 5.26 Å². The molecule has 0 spiro atoms. The van der Waals surface area contributed by atoms with Crippen LogP contribution >= 0.6 is 0 Å². The average Bonchev–Trinajstić information content (AvgIpc) is 2.26. The Morgan fingerprint density at radius 1 is 1.67 bits per heavy atom. The molecule has 0 aliphatic carbocycles.